The topological polar surface area (TPSA) is 92.7 Å². The summed E-state index contributed by atoms with van der Waals surface area (Å²) >= 11 is 0. The number of phosphoric acid groups is 1. The van der Waals surface area contributed by atoms with Gasteiger partial charge in [-0.2, -0.15) is 0 Å². The average Bonchev–Trinajstić information content (AvgIpc) is 2.61. The molecule has 4 rings (SSSR count). The van der Waals surface area contributed by atoms with Crippen molar-refractivity contribution in [3.8, 4) is 22.6 Å². The van der Waals surface area contributed by atoms with Crippen LogP contribution in [-0.4, -0.2) is 42.8 Å². The molecular weight excluding hydrogens is 391 g/mol. The third-order valence-corrected chi connectivity index (χ3v) is 4.68. The summed E-state index contributed by atoms with van der Waals surface area (Å²) in [5.74, 6) is -0.139. The Bertz CT molecular complexity index is 1190. The molecule has 4 aromatic rings. The predicted octanol–water partition coefficient (Wildman–Crippen LogP) is 3.19. The van der Waals surface area contributed by atoms with E-state index in [1.807, 2.05) is 36.4 Å². The number of rotatable bonds is 3. The number of fused-ring (bicyclic) bond motifs is 2. The van der Waals surface area contributed by atoms with Crippen LogP contribution in [-0.2, 0) is 4.57 Å². The van der Waals surface area contributed by atoms with Crippen molar-refractivity contribution in [1.82, 2.24) is 0 Å². The first-order chi connectivity index (χ1) is 12.4. The summed E-state index contributed by atoms with van der Waals surface area (Å²) in [4.78, 5) is 22.5. The Kier molecular flexibility index (Phi) is 5.82. The number of phenolic OH excluding ortho intramolecular Hbond substituents is 1. The number of phenols is 1. The molecule has 0 fully saturated rings. The fourth-order valence-electron chi connectivity index (χ4n) is 3.23. The predicted molar refractivity (Wildman–Crippen MR) is 103 cm³/mol. The van der Waals surface area contributed by atoms with Crippen LogP contribution in [0.2, 0.25) is 0 Å². The van der Waals surface area contributed by atoms with Gasteiger partial charge in [-0.05, 0) is 33.7 Å². The van der Waals surface area contributed by atoms with Gasteiger partial charge in [0.2, 0.25) is 0 Å². The maximum Gasteiger partial charge on any atom is 2.00 e. The van der Waals surface area contributed by atoms with Gasteiger partial charge in [-0.1, -0.05) is 60.7 Å². The molecule has 0 bridgehead atoms. The van der Waals surface area contributed by atoms with Gasteiger partial charge in [-0.15, -0.1) is 0 Å². The zero-order chi connectivity index (χ0) is 18.3. The molecule has 0 unspecified atom stereocenters. The van der Waals surface area contributed by atoms with Gasteiger partial charge >= 0.3 is 37.7 Å². The minimum absolute atomic E-state index is 0. The van der Waals surface area contributed by atoms with E-state index >= 15 is 0 Å². The van der Waals surface area contributed by atoms with Crippen molar-refractivity contribution in [2.45, 2.75) is 0 Å². The van der Waals surface area contributed by atoms with Crippen molar-refractivity contribution in [2.24, 2.45) is 0 Å². The number of hydrogen-bond donors (Lipinski definition) is 1. The fourth-order valence-corrected chi connectivity index (χ4v) is 3.62. The molecule has 0 radical (unpaired) electrons. The summed E-state index contributed by atoms with van der Waals surface area (Å²) in [5, 5.41) is 13.7. The van der Waals surface area contributed by atoms with Crippen molar-refractivity contribution in [3.63, 3.8) is 0 Å². The van der Waals surface area contributed by atoms with E-state index in [2.05, 4.69) is 0 Å². The smallest absolute Gasteiger partial charge is 0.780 e. The molecule has 5 nitrogen and oxygen atoms in total. The van der Waals surface area contributed by atoms with E-state index in [-0.39, 0.29) is 49.2 Å². The first kappa shape index (κ1) is 20.2. The molecule has 0 aliphatic rings. The van der Waals surface area contributed by atoms with Crippen molar-refractivity contribution in [2.75, 3.05) is 0 Å². The van der Waals surface area contributed by atoms with Crippen molar-refractivity contribution >= 4 is 67.1 Å². The Morgan fingerprint density at radius 1 is 0.741 bits per heavy atom. The second-order valence-electron chi connectivity index (χ2n) is 5.88. The maximum atomic E-state index is 11.3. The molecule has 0 heterocycles. The Balaban J connectivity index is 0.00000210. The summed E-state index contributed by atoms with van der Waals surface area (Å²) in [6, 6.07) is 21.1. The minimum Gasteiger partial charge on any atom is -0.780 e. The number of hydrogen-bond acceptors (Lipinski definition) is 5. The molecule has 0 aliphatic heterocycles. The first-order valence-electron chi connectivity index (χ1n) is 7.88. The molecule has 1 N–H and O–H groups in total. The molecule has 130 valence electrons. The molecule has 0 aromatic heterocycles. The van der Waals surface area contributed by atoms with Crippen LogP contribution in [0.5, 0.6) is 11.5 Å². The summed E-state index contributed by atoms with van der Waals surface area (Å²) < 4.78 is 16.0. The normalized spacial score (nSPS) is 11.3. The van der Waals surface area contributed by atoms with E-state index < -0.39 is 7.82 Å². The summed E-state index contributed by atoms with van der Waals surface area (Å²) in [6.07, 6.45) is 0. The number of phosphoric ester groups is 1. The van der Waals surface area contributed by atoms with Crippen LogP contribution in [0.15, 0.2) is 72.8 Å². The molecule has 0 amide bonds. The van der Waals surface area contributed by atoms with Gasteiger partial charge in [0.25, 0.3) is 0 Å². The number of aromatic hydroxyl groups is 1. The molecule has 0 spiro atoms. The quantitative estimate of drug-likeness (QED) is 0.418. The summed E-state index contributed by atoms with van der Waals surface area (Å²) in [5.41, 5.74) is 0.785. The molecular formula is C20H13CaO5P. The second kappa shape index (κ2) is 7.80. The Morgan fingerprint density at radius 3 is 1.85 bits per heavy atom. The van der Waals surface area contributed by atoms with E-state index in [0.29, 0.717) is 16.5 Å². The Morgan fingerprint density at radius 2 is 1.26 bits per heavy atom. The van der Waals surface area contributed by atoms with Gasteiger partial charge in [0.1, 0.15) is 19.3 Å². The molecule has 27 heavy (non-hydrogen) atoms. The van der Waals surface area contributed by atoms with Gasteiger partial charge in [0, 0.05) is 11.1 Å². The van der Waals surface area contributed by atoms with E-state index in [0.717, 1.165) is 16.2 Å². The van der Waals surface area contributed by atoms with Crippen LogP contribution < -0.4 is 14.3 Å². The zero-order valence-corrected chi connectivity index (χ0v) is 17.3. The van der Waals surface area contributed by atoms with E-state index in [9.17, 15) is 19.5 Å². The van der Waals surface area contributed by atoms with Gasteiger partial charge in [-0.3, -0.25) is 0 Å². The van der Waals surface area contributed by atoms with E-state index in [4.69, 9.17) is 4.52 Å². The SMILES string of the molecule is O=P([O-])([O-])Oc1ccc2ccccc2c1-c1c(O)ccc2ccccc12.[Ca+2]. The summed E-state index contributed by atoms with van der Waals surface area (Å²) in [7, 11) is -5.27. The monoisotopic (exact) mass is 404 g/mol. The molecule has 0 saturated heterocycles. The Labute approximate surface area is 185 Å². The third kappa shape index (κ3) is 3.99. The van der Waals surface area contributed by atoms with Crippen LogP contribution in [0.4, 0.5) is 0 Å². The second-order valence-corrected chi connectivity index (χ2v) is 6.96. The van der Waals surface area contributed by atoms with Crippen LogP contribution in [0.25, 0.3) is 32.7 Å². The van der Waals surface area contributed by atoms with Crippen molar-refractivity contribution in [3.05, 3.63) is 72.8 Å². The zero-order valence-electron chi connectivity index (χ0n) is 14.2. The van der Waals surface area contributed by atoms with Gasteiger partial charge in [-0.25, -0.2) is 0 Å². The van der Waals surface area contributed by atoms with Crippen LogP contribution >= 0.6 is 7.82 Å². The average molecular weight is 404 g/mol. The van der Waals surface area contributed by atoms with Crippen LogP contribution in [0.1, 0.15) is 0 Å². The molecule has 0 saturated carbocycles. The standard InChI is InChI=1S/C20H15O5P.Ca/c21-17-11-9-13-5-1-3-7-15(13)19(17)20-16-8-4-2-6-14(16)10-12-18(20)25-26(22,23)24;/h1-12,21H,(H2,22,23,24);/q;+2/p-2. The molecule has 0 aliphatic carbocycles. The van der Waals surface area contributed by atoms with Crippen LogP contribution in [0, 0.1) is 0 Å². The van der Waals surface area contributed by atoms with E-state index in [1.54, 1.807) is 24.3 Å². The van der Waals surface area contributed by atoms with Gasteiger partial charge < -0.3 is 24.0 Å². The van der Waals surface area contributed by atoms with Gasteiger partial charge in [0.15, 0.2) is 0 Å². The van der Waals surface area contributed by atoms with Crippen molar-refractivity contribution in [1.29, 1.82) is 0 Å². The fraction of sp³-hybridized carbons (Fsp3) is 0. The Hall–Kier alpha value is -1.59. The maximum absolute atomic E-state index is 11.3. The molecule has 7 heteroatoms. The summed E-state index contributed by atoms with van der Waals surface area (Å²) in [6.45, 7) is 0. The minimum atomic E-state index is -5.27. The first-order valence-corrected chi connectivity index (χ1v) is 9.34. The largest absolute Gasteiger partial charge is 2.00 e. The molecule has 0 atom stereocenters. The number of benzene rings is 4. The van der Waals surface area contributed by atoms with E-state index in [1.165, 1.54) is 12.1 Å². The van der Waals surface area contributed by atoms with Crippen molar-refractivity contribution < 1.29 is 24.0 Å². The third-order valence-electron chi connectivity index (χ3n) is 4.26. The van der Waals surface area contributed by atoms with Crippen LogP contribution in [0.3, 0.4) is 0 Å². The van der Waals surface area contributed by atoms with Gasteiger partial charge in [0.05, 0.1) is 0 Å². The molecule has 4 aromatic carbocycles.